The van der Waals surface area contributed by atoms with Crippen LogP contribution in [-0.2, 0) is 11.8 Å². The van der Waals surface area contributed by atoms with Crippen LogP contribution >= 0.6 is 0 Å². The topological polar surface area (TPSA) is 71.8 Å². The fourth-order valence-corrected chi connectivity index (χ4v) is 1.74. The molecule has 2 aromatic rings. The highest BCUT2D eigenvalue weighted by Gasteiger charge is 2.08. The van der Waals surface area contributed by atoms with E-state index in [1.807, 2.05) is 17.7 Å². The second kappa shape index (κ2) is 5.69. The number of aryl methyl sites for hydroxylation is 1. The summed E-state index contributed by atoms with van der Waals surface area (Å²) < 4.78 is 1.92. The van der Waals surface area contributed by atoms with E-state index in [4.69, 9.17) is 0 Å². The Balaban J connectivity index is 2.00. The van der Waals surface area contributed by atoms with Crippen LogP contribution in [0.3, 0.4) is 0 Å². The lowest BCUT2D eigenvalue weighted by atomic mass is 10.2. The molecule has 1 amide bonds. The maximum atomic E-state index is 11.6. The first-order chi connectivity index (χ1) is 9.08. The van der Waals surface area contributed by atoms with Crippen LogP contribution in [0.25, 0.3) is 11.0 Å². The molecule has 6 heteroatoms. The van der Waals surface area contributed by atoms with Crippen molar-refractivity contribution >= 4 is 22.8 Å². The van der Waals surface area contributed by atoms with Gasteiger partial charge in [0.25, 0.3) is 0 Å². The highest BCUT2D eigenvalue weighted by atomic mass is 16.1. The molecule has 2 N–H and O–H groups in total. The van der Waals surface area contributed by atoms with Gasteiger partial charge in [-0.3, -0.25) is 4.79 Å². The Labute approximate surface area is 112 Å². The van der Waals surface area contributed by atoms with Crippen molar-refractivity contribution in [2.75, 3.05) is 18.4 Å². The molecule has 0 bridgehead atoms. The summed E-state index contributed by atoms with van der Waals surface area (Å²) in [5, 5.41) is 5.88. The summed E-state index contributed by atoms with van der Waals surface area (Å²) >= 11 is 0. The molecule has 0 fully saturated rings. The number of anilines is 1. The van der Waals surface area contributed by atoms with Gasteiger partial charge in [0, 0.05) is 19.8 Å². The Morgan fingerprint density at radius 2 is 2.21 bits per heavy atom. The number of nitrogens with zero attached hydrogens (tertiary/aromatic N) is 3. The number of hydrogen-bond acceptors (Lipinski definition) is 4. The van der Waals surface area contributed by atoms with Gasteiger partial charge in [0.1, 0.15) is 5.52 Å². The van der Waals surface area contributed by atoms with E-state index >= 15 is 0 Å². The van der Waals surface area contributed by atoms with E-state index in [2.05, 4.69) is 34.4 Å². The largest absolute Gasteiger partial charge is 0.359 e. The molecule has 2 heterocycles. The fourth-order valence-electron chi connectivity index (χ4n) is 1.74. The predicted molar refractivity (Wildman–Crippen MR) is 74.8 cm³/mol. The molecule has 2 aromatic heterocycles. The number of rotatable bonds is 5. The maximum absolute atomic E-state index is 11.6. The first-order valence-electron chi connectivity index (χ1n) is 6.34. The molecule has 0 aliphatic rings. The molecule has 0 aromatic carbocycles. The summed E-state index contributed by atoms with van der Waals surface area (Å²) in [6.45, 7) is 5.00. The van der Waals surface area contributed by atoms with Gasteiger partial charge in [0.2, 0.25) is 5.91 Å². The molecule has 0 radical (unpaired) electrons. The lowest BCUT2D eigenvalue weighted by molar-refractivity contribution is -0.119. The van der Waals surface area contributed by atoms with E-state index in [0.29, 0.717) is 18.3 Å². The van der Waals surface area contributed by atoms with Crippen LogP contribution in [0, 0.1) is 5.92 Å². The molecule has 2 rings (SSSR count). The smallest absolute Gasteiger partial charge is 0.239 e. The molecule has 0 unspecified atom stereocenters. The van der Waals surface area contributed by atoms with E-state index in [9.17, 15) is 4.79 Å². The summed E-state index contributed by atoms with van der Waals surface area (Å²) in [4.78, 5) is 20.1. The molecular formula is C13H19N5O. The minimum Gasteiger partial charge on any atom is -0.359 e. The number of carbonyl (C=O) groups excluding carboxylic acids is 1. The molecule has 0 saturated carbocycles. The average Bonchev–Trinajstić information content (AvgIpc) is 2.76. The lowest BCUT2D eigenvalue weighted by Gasteiger charge is -2.09. The number of aromatic nitrogens is 3. The number of fused-ring (bicyclic) bond motifs is 1. The molecule has 102 valence electrons. The van der Waals surface area contributed by atoms with Crippen LogP contribution in [-0.4, -0.2) is 33.5 Å². The van der Waals surface area contributed by atoms with E-state index in [1.165, 1.54) is 0 Å². The Kier molecular flexibility index (Phi) is 3.99. The van der Waals surface area contributed by atoms with Crippen molar-refractivity contribution in [3.8, 4) is 0 Å². The maximum Gasteiger partial charge on any atom is 0.239 e. The highest BCUT2D eigenvalue weighted by Crippen LogP contribution is 2.17. The first kappa shape index (κ1) is 13.3. The molecule has 6 nitrogen and oxygen atoms in total. The minimum absolute atomic E-state index is 0.0385. The molecule has 0 spiro atoms. The van der Waals surface area contributed by atoms with Crippen molar-refractivity contribution in [3.63, 3.8) is 0 Å². The average molecular weight is 261 g/mol. The molecular weight excluding hydrogens is 242 g/mol. The number of imidazole rings is 1. The van der Waals surface area contributed by atoms with Crippen LogP contribution in [0.5, 0.6) is 0 Å². The molecule has 0 aliphatic carbocycles. The summed E-state index contributed by atoms with van der Waals surface area (Å²) in [5.41, 5.74) is 1.77. The third kappa shape index (κ3) is 3.21. The van der Waals surface area contributed by atoms with Gasteiger partial charge in [-0.25, -0.2) is 9.97 Å². The lowest BCUT2D eigenvalue weighted by Crippen LogP contribution is -2.32. The van der Waals surface area contributed by atoms with Crippen LogP contribution < -0.4 is 10.6 Å². The highest BCUT2D eigenvalue weighted by molar-refractivity contribution is 5.88. The van der Waals surface area contributed by atoms with Gasteiger partial charge in [-0.05, 0) is 12.0 Å². The Morgan fingerprint density at radius 1 is 1.42 bits per heavy atom. The van der Waals surface area contributed by atoms with Crippen LogP contribution in [0.4, 0.5) is 5.82 Å². The Morgan fingerprint density at radius 3 is 2.95 bits per heavy atom. The number of hydrogen-bond donors (Lipinski definition) is 2. The number of carbonyl (C=O) groups is 1. The second-order valence-corrected chi connectivity index (χ2v) is 4.93. The van der Waals surface area contributed by atoms with E-state index in [-0.39, 0.29) is 12.5 Å². The van der Waals surface area contributed by atoms with Crippen molar-refractivity contribution in [1.29, 1.82) is 0 Å². The second-order valence-electron chi connectivity index (χ2n) is 4.93. The van der Waals surface area contributed by atoms with Gasteiger partial charge >= 0.3 is 0 Å². The Hall–Kier alpha value is -2.11. The zero-order valence-corrected chi connectivity index (χ0v) is 11.5. The predicted octanol–water partition coefficient (Wildman–Crippen LogP) is 1.15. The van der Waals surface area contributed by atoms with Crippen LogP contribution in [0.2, 0.25) is 0 Å². The van der Waals surface area contributed by atoms with Gasteiger partial charge in [-0.2, -0.15) is 0 Å². The normalized spacial score (nSPS) is 10.9. The standard InChI is InChI=1S/C13H19N5O/c1-9(2)6-15-11(19)7-16-13-12-10(4-5-14-13)18(3)8-17-12/h4-5,8-9H,6-7H2,1-3H3,(H,14,16)(H,15,19). The summed E-state index contributed by atoms with van der Waals surface area (Å²) in [7, 11) is 1.93. The van der Waals surface area contributed by atoms with Crippen molar-refractivity contribution < 1.29 is 4.79 Å². The number of nitrogens with one attached hydrogen (secondary N) is 2. The SMILES string of the molecule is CC(C)CNC(=O)CNc1nccc2c1ncn2C. The van der Waals surface area contributed by atoms with Gasteiger partial charge < -0.3 is 15.2 Å². The number of amides is 1. The first-order valence-corrected chi connectivity index (χ1v) is 6.34. The van der Waals surface area contributed by atoms with Crippen molar-refractivity contribution in [1.82, 2.24) is 19.9 Å². The van der Waals surface area contributed by atoms with E-state index < -0.39 is 0 Å². The third-order valence-electron chi connectivity index (χ3n) is 2.77. The van der Waals surface area contributed by atoms with Gasteiger partial charge in [0.05, 0.1) is 18.4 Å². The van der Waals surface area contributed by atoms with Crippen LogP contribution in [0.15, 0.2) is 18.6 Å². The summed E-state index contributed by atoms with van der Waals surface area (Å²) in [6, 6.07) is 1.90. The van der Waals surface area contributed by atoms with Crippen molar-refractivity contribution in [2.24, 2.45) is 13.0 Å². The Bertz CT molecular complexity index is 575. The zero-order valence-electron chi connectivity index (χ0n) is 11.5. The summed E-state index contributed by atoms with van der Waals surface area (Å²) in [5.74, 6) is 1.04. The summed E-state index contributed by atoms with van der Waals surface area (Å²) in [6.07, 6.45) is 3.44. The number of pyridine rings is 1. The molecule has 0 saturated heterocycles. The van der Waals surface area contributed by atoms with Crippen molar-refractivity contribution in [2.45, 2.75) is 13.8 Å². The molecule has 0 aliphatic heterocycles. The van der Waals surface area contributed by atoms with Gasteiger partial charge in [0.15, 0.2) is 5.82 Å². The van der Waals surface area contributed by atoms with E-state index in [1.54, 1.807) is 12.5 Å². The molecule has 0 atom stereocenters. The van der Waals surface area contributed by atoms with E-state index in [0.717, 1.165) is 11.0 Å². The zero-order chi connectivity index (χ0) is 13.8. The minimum atomic E-state index is -0.0385. The van der Waals surface area contributed by atoms with Crippen molar-refractivity contribution in [3.05, 3.63) is 18.6 Å². The van der Waals surface area contributed by atoms with Gasteiger partial charge in [-0.1, -0.05) is 13.8 Å². The fraction of sp³-hybridized carbons (Fsp3) is 0.462. The van der Waals surface area contributed by atoms with Gasteiger partial charge in [-0.15, -0.1) is 0 Å². The third-order valence-corrected chi connectivity index (χ3v) is 2.77. The molecule has 19 heavy (non-hydrogen) atoms. The quantitative estimate of drug-likeness (QED) is 0.847. The monoisotopic (exact) mass is 261 g/mol. The van der Waals surface area contributed by atoms with Crippen LogP contribution in [0.1, 0.15) is 13.8 Å².